The highest BCUT2D eigenvalue weighted by molar-refractivity contribution is 5.79. The van der Waals surface area contributed by atoms with Crippen molar-refractivity contribution in [2.75, 3.05) is 24.5 Å². The molecule has 1 saturated heterocycles. The smallest absolute Gasteiger partial charge is 0.223 e. The number of hydrogen-bond acceptors (Lipinski definition) is 2. The molecule has 120 valence electrons. The third-order valence-electron chi connectivity index (χ3n) is 4.54. The molecule has 2 aromatic rings. The second-order valence-corrected chi connectivity index (χ2v) is 6.12. The minimum absolute atomic E-state index is 0.158. The van der Waals surface area contributed by atoms with Gasteiger partial charge in [0.25, 0.3) is 0 Å². The van der Waals surface area contributed by atoms with E-state index in [4.69, 9.17) is 0 Å². The first-order chi connectivity index (χ1) is 11.3. The van der Waals surface area contributed by atoms with Crippen LogP contribution in [0.1, 0.15) is 18.4 Å². The van der Waals surface area contributed by atoms with Crippen molar-refractivity contribution in [2.45, 2.75) is 19.3 Å². The van der Waals surface area contributed by atoms with Crippen LogP contribution >= 0.6 is 0 Å². The van der Waals surface area contributed by atoms with Crippen molar-refractivity contribution in [1.29, 1.82) is 0 Å². The molecule has 3 heteroatoms. The van der Waals surface area contributed by atoms with E-state index in [9.17, 15) is 4.79 Å². The largest absolute Gasteiger partial charge is 0.371 e. The SMILES string of the molecule is O=C(NCCc1ccccc1)C1CCN(c2ccccc2)CC1. The maximum Gasteiger partial charge on any atom is 0.223 e. The Morgan fingerprint density at radius 1 is 0.957 bits per heavy atom. The van der Waals surface area contributed by atoms with Crippen LogP contribution in [0.2, 0.25) is 0 Å². The lowest BCUT2D eigenvalue weighted by Crippen LogP contribution is -2.41. The van der Waals surface area contributed by atoms with E-state index in [1.54, 1.807) is 0 Å². The third-order valence-corrected chi connectivity index (χ3v) is 4.54. The van der Waals surface area contributed by atoms with Crippen LogP contribution in [0.15, 0.2) is 60.7 Å². The quantitative estimate of drug-likeness (QED) is 0.919. The van der Waals surface area contributed by atoms with E-state index in [0.29, 0.717) is 0 Å². The van der Waals surface area contributed by atoms with E-state index in [1.807, 2.05) is 24.3 Å². The maximum absolute atomic E-state index is 12.3. The van der Waals surface area contributed by atoms with E-state index in [1.165, 1.54) is 11.3 Å². The summed E-state index contributed by atoms with van der Waals surface area (Å²) in [5, 5.41) is 3.10. The molecule has 1 aliphatic rings. The highest BCUT2D eigenvalue weighted by Gasteiger charge is 2.24. The van der Waals surface area contributed by atoms with Gasteiger partial charge in [-0.2, -0.15) is 0 Å². The molecule has 23 heavy (non-hydrogen) atoms. The van der Waals surface area contributed by atoms with Crippen molar-refractivity contribution in [3.63, 3.8) is 0 Å². The second kappa shape index (κ2) is 7.82. The first kappa shape index (κ1) is 15.6. The van der Waals surface area contributed by atoms with E-state index in [2.05, 4.69) is 46.6 Å². The van der Waals surface area contributed by atoms with Crippen molar-refractivity contribution in [1.82, 2.24) is 5.32 Å². The van der Waals surface area contributed by atoms with Crippen LogP contribution in [-0.4, -0.2) is 25.5 Å². The molecule has 0 saturated carbocycles. The van der Waals surface area contributed by atoms with Gasteiger partial charge in [0.15, 0.2) is 0 Å². The summed E-state index contributed by atoms with van der Waals surface area (Å²) in [4.78, 5) is 14.7. The molecule has 3 nitrogen and oxygen atoms in total. The number of anilines is 1. The van der Waals surface area contributed by atoms with Crippen LogP contribution in [-0.2, 0) is 11.2 Å². The van der Waals surface area contributed by atoms with Gasteiger partial charge in [0.2, 0.25) is 5.91 Å². The molecule has 2 aromatic carbocycles. The van der Waals surface area contributed by atoms with Gasteiger partial charge in [-0.1, -0.05) is 48.5 Å². The maximum atomic E-state index is 12.3. The topological polar surface area (TPSA) is 32.3 Å². The number of rotatable bonds is 5. The number of carbonyl (C=O) groups excluding carboxylic acids is 1. The minimum atomic E-state index is 0.158. The summed E-state index contributed by atoms with van der Waals surface area (Å²) in [6.45, 7) is 2.64. The lowest BCUT2D eigenvalue weighted by Gasteiger charge is -2.33. The number of amides is 1. The van der Waals surface area contributed by atoms with Crippen LogP contribution in [0, 0.1) is 5.92 Å². The third kappa shape index (κ3) is 4.35. The normalized spacial score (nSPS) is 15.4. The number of carbonyl (C=O) groups is 1. The molecule has 1 aliphatic heterocycles. The zero-order valence-corrected chi connectivity index (χ0v) is 13.4. The van der Waals surface area contributed by atoms with E-state index in [-0.39, 0.29) is 11.8 Å². The monoisotopic (exact) mass is 308 g/mol. The second-order valence-electron chi connectivity index (χ2n) is 6.12. The van der Waals surface area contributed by atoms with Gasteiger partial charge in [0.05, 0.1) is 0 Å². The Balaban J connectivity index is 1.41. The molecule has 0 unspecified atom stereocenters. The Bertz CT molecular complexity index is 604. The average Bonchev–Trinajstić information content (AvgIpc) is 2.63. The number of nitrogens with zero attached hydrogens (tertiary/aromatic N) is 1. The number of para-hydroxylation sites is 1. The summed E-state index contributed by atoms with van der Waals surface area (Å²) in [5.74, 6) is 0.374. The van der Waals surface area contributed by atoms with Gasteiger partial charge in [-0.3, -0.25) is 4.79 Å². The predicted molar refractivity (Wildman–Crippen MR) is 94.5 cm³/mol. The standard InChI is InChI=1S/C20H24N2O/c23-20(21-14-11-17-7-3-1-4-8-17)18-12-15-22(16-13-18)19-9-5-2-6-10-19/h1-10,18H,11-16H2,(H,21,23). The van der Waals surface area contributed by atoms with Crippen LogP contribution in [0.5, 0.6) is 0 Å². The molecule has 0 radical (unpaired) electrons. The van der Waals surface area contributed by atoms with Gasteiger partial charge in [-0.05, 0) is 37.0 Å². The van der Waals surface area contributed by atoms with Crippen LogP contribution in [0.4, 0.5) is 5.69 Å². The Labute approximate surface area is 138 Å². The molecule has 0 spiro atoms. The number of hydrogen-bond donors (Lipinski definition) is 1. The molecule has 0 aromatic heterocycles. The van der Waals surface area contributed by atoms with Gasteiger partial charge in [-0.15, -0.1) is 0 Å². The predicted octanol–water partition coefficient (Wildman–Crippen LogP) is 3.26. The molecule has 0 atom stereocenters. The number of benzene rings is 2. The average molecular weight is 308 g/mol. The summed E-state index contributed by atoms with van der Waals surface area (Å²) in [5.41, 5.74) is 2.53. The van der Waals surface area contributed by atoms with Crippen LogP contribution in [0.25, 0.3) is 0 Å². The Morgan fingerprint density at radius 3 is 2.22 bits per heavy atom. The Morgan fingerprint density at radius 2 is 1.57 bits per heavy atom. The molecule has 1 heterocycles. The van der Waals surface area contributed by atoms with Gasteiger partial charge in [0.1, 0.15) is 0 Å². The Kier molecular flexibility index (Phi) is 5.30. The summed E-state index contributed by atoms with van der Waals surface area (Å²) >= 11 is 0. The zero-order chi connectivity index (χ0) is 15.9. The van der Waals surface area contributed by atoms with Gasteiger partial charge >= 0.3 is 0 Å². The lowest BCUT2D eigenvalue weighted by molar-refractivity contribution is -0.125. The summed E-state index contributed by atoms with van der Waals surface area (Å²) in [7, 11) is 0. The molecular weight excluding hydrogens is 284 g/mol. The highest BCUT2D eigenvalue weighted by Crippen LogP contribution is 2.23. The van der Waals surface area contributed by atoms with Crippen molar-refractivity contribution < 1.29 is 4.79 Å². The van der Waals surface area contributed by atoms with E-state index < -0.39 is 0 Å². The number of nitrogens with one attached hydrogen (secondary N) is 1. The van der Waals surface area contributed by atoms with E-state index in [0.717, 1.165) is 38.9 Å². The molecular formula is C20H24N2O. The Hall–Kier alpha value is -2.29. The van der Waals surface area contributed by atoms with Gasteiger partial charge in [-0.25, -0.2) is 0 Å². The minimum Gasteiger partial charge on any atom is -0.371 e. The molecule has 1 fully saturated rings. The fourth-order valence-electron chi connectivity index (χ4n) is 3.16. The highest BCUT2D eigenvalue weighted by atomic mass is 16.1. The van der Waals surface area contributed by atoms with Crippen molar-refractivity contribution in [3.05, 3.63) is 66.2 Å². The van der Waals surface area contributed by atoms with Crippen molar-refractivity contribution in [3.8, 4) is 0 Å². The van der Waals surface area contributed by atoms with Crippen molar-refractivity contribution in [2.24, 2.45) is 5.92 Å². The van der Waals surface area contributed by atoms with Crippen LogP contribution in [0.3, 0.4) is 0 Å². The van der Waals surface area contributed by atoms with E-state index >= 15 is 0 Å². The zero-order valence-electron chi connectivity index (χ0n) is 13.4. The molecule has 1 amide bonds. The first-order valence-corrected chi connectivity index (χ1v) is 8.44. The molecule has 1 N–H and O–H groups in total. The first-order valence-electron chi connectivity index (χ1n) is 8.44. The van der Waals surface area contributed by atoms with Crippen molar-refractivity contribution >= 4 is 11.6 Å². The molecule has 0 bridgehead atoms. The van der Waals surface area contributed by atoms with Crippen LogP contribution < -0.4 is 10.2 Å². The summed E-state index contributed by atoms with van der Waals surface area (Å²) < 4.78 is 0. The molecule has 3 rings (SSSR count). The number of piperidine rings is 1. The fourth-order valence-corrected chi connectivity index (χ4v) is 3.16. The van der Waals surface area contributed by atoms with Gasteiger partial charge < -0.3 is 10.2 Å². The lowest BCUT2D eigenvalue weighted by atomic mass is 9.95. The van der Waals surface area contributed by atoms with Gasteiger partial charge in [0, 0.05) is 31.2 Å². The summed E-state index contributed by atoms with van der Waals surface area (Å²) in [6.07, 6.45) is 2.77. The summed E-state index contributed by atoms with van der Waals surface area (Å²) in [6, 6.07) is 20.7. The molecule has 0 aliphatic carbocycles. The fraction of sp³-hybridized carbons (Fsp3) is 0.350.